The Morgan fingerprint density at radius 1 is 0.417 bits per heavy atom. The Bertz CT molecular complexity index is 533. The van der Waals surface area contributed by atoms with Gasteiger partial charge in [-0.05, 0) is 19.3 Å². The third kappa shape index (κ3) is 8.71. The lowest BCUT2D eigenvalue weighted by Gasteiger charge is -2.62. The van der Waals surface area contributed by atoms with Crippen molar-refractivity contribution in [1.82, 2.24) is 0 Å². The molecular formula is C27H60O6Si3. The highest BCUT2D eigenvalue weighted by molar-refractivity contribution is 6.97. The van der Waals surface area contributed by atoms with Crippen LogP contribution in [0.2, 0.25) is 33.2 Å². The fourth-order valence-electron chi connectivity index (χ4n) is 4.57. The molecule has 1 aliphatic heterocycles. The monoisotopic (exact) mass is 564 g/mol. The summed E-state index contributed by atoms with van der Waals surface area (Å²) in [7, 11) is -8.40. The molecule has 0 aromatic heterocycles. The van der Waals surface area contributed by atoms with Crippen molar-refractivity contribution in [3.05, 3.63) is 0 Å². The standard InChI is InChI=1S/C27H60O6Si3/c1-13-16-28-19-22-34(25(4,5)6)31-35(26(7,8)9,23-20-29-17-14-2)33-36(32-34,27(10,11)12)24-21-30-18-15-3/h13-24H2,1-12H3. The Labute approximate surface area is 227 Å². The zero-order valence-corrected chi connectivity index (χ0v) is 28.9. The lowest BCUT2D eigenvalue weighted by molar-refractivity contribution is 0.104. The van der Waals surface area contributed by atoms with Crippen molar-refractivity contribution >= 4 is 25.7 Å². The quantitative estimate of drug-likeness (QED) is 0.148. The van der Waals surface area contributed by atoms with Crippen LogP contribution in [0, 0.1) is 0 Å². The van der Waals surface area contributed by atoms with E-state index in [1.807, 2.05) is 0 Å². The molecule has 1 fully saturated rings. The molecule has 0 N–H and O–H groups in total. The summed E-state index contributed by atoms with van der Waals surface area (Å²) < 4.78 is 40.7. The van der Waals surface area contributed by atoms with Crippen LogP contribution in [0.15, 0.2) is 0 Å². The molecule has 0 aliphatic carbocycles. The second-order valence-electron chi connectivity index (χ2n) is 13.4. The van der Waals surface area contributed by atoms with E-state index in [1.54, 1.807) is 0 Å². The number of hydrogen-bond acceptors (Lipinski definition) is 6. The molecule has 216 valence electrons. The number of ether oxygens (including phenoxy) is 3. The van der Waals surface area contributed by atoms with Gasteiger partial charge in [-0.2, -0.15) is 0 Å². The average molecular weight is 565 g/mol. The van der Waals surface area contributed by atoms with Crippen LogP contribution >= 0.6 is 0 Å². The first-order valence-electron chi connectivity index (χ1n) is 14.4. The fraction of sp³-hybridized carbons (Fsp3) is 1.00. The van der Waals surface area contributed by atoms with Crippen LogP contribution in [-0.2, 0) is 26.6 Å². The fourth-order valence-corrected chi connectivity index (χ4v) is 25.9. The van der Waals surface area contributed by atoms with Gasteiger partial charge in [0.25, 0.3) is 0 Å². The SMILES string of the molecule is CCCOCC[Si]1(C(C)(C)C)O[Si](CCOCCC)(C(C)(C)C)O[Si](CCOCCC)(C(C)(C)C)O1. The third-order valence-electron chi connectivity index (χ3n) is 7.19. The van der Waals surface area contributed by atoms with E-state index in [0.717, 1.165) is 57.2 Å². The van der Waals surface area contributed by atoms with Crippen molar-refractivity contribution in [2.24, 2.45) is 0 Å². The number of hydrogen-bond donors (Lipinski definition) is 0. The van der Waals surface area contributed by atoms with Crippen molar-refractivity contribution in [3.63, 3.8) is 0 Å². The highest BCUT2D eigenvalue weighted by Gasteiger charge is 2.71. The zero-order chi connectivity index (χ0) is 27.7. The predicted octanol–water partition coefficient (Wildman–Crippen LogP) is 8.06. The van der Waals surface area contributed by atoms with Gasteiger partial charge in [-0.25, -0.2) is 0 Å². The first-order chi connectivity index (χ1) is 16.6. The van der Waals surface area contributed by atoms with Gasteiger partial charge in [0, 0.05) is 72.9 Å². The second kappa shape index (κ2) is 14.2. The van der Waals surface area contributed by atoms with E-state index in [0.29, 0.717) is 19.8 Å². The lowest BCUT2D eigenvalue weighted by atomic mass is 10.2. The van der Waals surface area contributed by atoms with Gasteiger partial charge in [-0.3, -0.25) is 0 Å². The first-order valence-corrected chi connectivity index (χ1v) is 20.5. The highest BCUT2D eigenvalue weighted by Crippen LogP contribution is 2.58. The van der Waals surface area contributed by atoms with Crippen LogP contribution in [0.5, 0.6) is 0 Å². The molecule has 36 heavy (non-hydrogen) atoms. The summed E-state index contributed by atoms with van der Waals surface area (Å²) in [6.07, 6.45) is 3.04. The van der Waals surface area contributed by atoms with Gasteiger partial charge >= 0.3 is 25.7 Å². The smallest absolute Gasteiger partial charge is 0.328 e. The van der Waals surface area contributed by atoms with E-state index in [2.05, 4.69) is 83.1 Å². The van der Waals surface area contributed by atoms with Gasteiger partial charge in [0.05, 0.1) is 0 Å². The average Bonchev–Trinajstić information content (AvgIpc) is 2.75. The maximum Gasteiger partial charge on any atom is 0.328 e. The van der Waals surface area contributed by atoms with Crippen molar-refractivity contribution in [3.8, 4) is 0 Å². The van der Waals surface area contributed by atoms with Gasteiger partial charge in [-0.15, -0.1) is 0 Å². The topological polar surface area (TPSA) is 55.4 Å². The molecule has 1 aliphatic rings. The zero-order valence-electron chi connectivity index (χ0n) is 25.9. The van der Waals surface area contributed by atoms with Crippen molar-refractivity contribution in [2.75, 3.05) is 39.6 Å². The Morgan fingerprint density at radius 2 is 0.639 bits per heavy atom. The Hall–Kier alpha value is 0.411. The normalized spacial score (nSPS) is 28.0. The van der Waals surface area contributed by atoms with Crippen molar-refractivity contribution < 1.29 is 26.6 Å². The molecule has 0 atom stereocenters. The molecule has 0 bridgehead atoms. The molecule has 1 heterocycles. The van der Waals surface area contributed by atoms with Gasteiger partial charge in [-0.1, -0.05) is 83.1 Å². The molecule has 0 amide bonds. The van der Waals surface area contributed by atoms with Gasteiger partial charge in [0.15, 0.2) is 0 Å². The maximum atomic E-state index is 7.50. The summed E-state index contributed by atoms with van der Waals surface area (Å²) in [6.45, 7) is 31.5. The largest absolute Gasteiger partial charge is 0.415 e. The summed E-state index contributed by atoms with van der Waals surface area (Å²) in [6, 6.07) is 2.46. The van der Waals surface area contributed by atoms with Gasteiger partial charge in [0.1, 0.15) is 0 Å². The summed E-state index contributed by atoms with van der Waals surface area (Å²) in [5.74, 6) is 0. The van der Waals surface area contributed by atoms with Crippen LogP contribution in [0.3, 0.4) is 0 Å². The predicted molar refractivity (Wildman–Crippen MR) is 157 cm³/mol. The second-order valence-corrected chi connectivity index (χ2v) is 26.4. The minimum Gasteiger partial charge on any atom is -0.415 e. The van der Waals surface area contributed by atoms with Crippen LogP contribution in [0.25, 0.3) is 0 Å². The molecule has 0 saturated carbocycles. The van der Waals surface area contributed by atoms with Crippen molar-refractivity contribution in [2.45, 2.75) is 136 Å². The summed E-state index contributed by atoms with van der Waals surface area (Å²) in [4.78, 5) is 0. The first kappa shape index (κ1) is 34.4. The van der Waals surface area contributed by atoms with Gasteiger partial charge in [0.2, 0.25) is 0 Å². The van der Waals surface area contributed by atoms with E-state index in [9.17, 15) is 0 Å². The molecule has 0 aromatic rings. The van der Waals surface area contributed by atoms with E-state index < -0.39 is 25.7 Å². The summed E-state index contributed by atoms with van der Waals surface area (Å²) in [5, 5.41) is -0.393. The number of rotatable bonds is 15. The molecule has 0 spiro atoms. The molecule has 1 rings (SSSR count). The third-order valence-corrected chi connectivity index (χ3v) is 24.5. The molecule has 6 nitrogen and oxygen atoms in total. The molecule has 0 radical (unpaired) electrons. The molecule has 0 aromatic carbocycles. The van der Waals surface area contributed by atoms with Crippen LogP contribution in [0.4, 0.5) is 0 Å². The summed E-state index contributed by atoms with van der Waals surface area (Å²) in [5.41, 5.74) is 0. The molecule has 9 heteroatoms. The van der Waals surface area contributed by atoms with Crippen LogP contribution in [-0.4, -0.2) is 65.3 Å². The van der Waals surface area contributed by atoms with Crippen LogP contribution < -0.4 is 0 Å². The lowest BCUT2D eigenvalue weighted by Crippen LogP contribution is -2.77. The molecular weight excluding hydrogens is 505 g/mol. The van der Waals surface area contributed by atoms with E-state index in [-0.39, 0.29) is 15.1 Å². The minimum absolute atomic E-state index is 0.131. The van der Waals surface area contributed by atoms with E-state index in [1.165, 1.54) is 0 Å². The maximum absolute atomic E-state index is 7.50. The van der Waals surface area contributed by atoms with E-state index >= 15 is 0 Å². The highest BCUT2D eigenvalue weighted by atomic mass is 28.5. The Kier molecular flexibility index (Phi) is 13.5. The Morgan fingerprint density at radius 3 is 0.806 bits per heavy atom. The summed E-state index contributed by atoms with van der Waals surface area (Å²) >= 11 is 0. The molecule has 0 unspecified atom stereocenters. The van der Waals surface area contributed by atoms with Crippen molar-refractivity contribution in [1.29, 1.82) is 0 Å². The van der Waals surface area contributed by atoms with E-state index in [4.69, 9.17) is 26.6 Å². The van der Waals surface area contributed by atoms with Crippen LogP contribution in [0.1, 0.15) is 102 Å². The minimum atomic E-state index is -2.80. The molecule has 1 saturated heterocycles. The Balaban J connectivity index is 3.67. The van der Waals surface area contributed by atoms with Gasteiger partial charge < -0.3 is 26.6 Å².